The zero-order valence-corrected chi connectivity index (χ0v) is 10.4. The van der Waals surface area contributed by atoms with Crippen LogP contribution in [0.2, 0.25) is 24.7 Å². The summed E-state index contributed by atoms with van der Waals surface area (Å²) >= 11 is 0. The van der Waals surface area contributed by atoms with Crippen molar-refractivity contribution in [3.8, 4) is 0 Å². The third kappa shape index (κ3) is 1.10. The minimum absolute atomic E-state index is 0.255. The molecular formula is C12H20OSi. The minimum Gasteiger partial charge on any atom is -0.392 e. The van der Waals surface area contributed by atoms with Crippen LogP contribution < -0.4 is 0 Å². The van der Waals surface area contributed by atoms with Crippen molar-refractivity contribution in [2.45, 2.75) is 37.5 Å². The molecule has 0 spiro atoms. The first-order chi connectivity index (χ1) is 6.52. The molecule has 2 heteroatoms. The van der Waals surface area contributed by atoms with Crippen LogP contribution in [0.1, 0.15) is 12.8 Å². The van der Waals surface area contributed by atoms with Crippen LogP contribution in [0.15, 0.2) is 23.8 Å². The quantitative estimate of drug-likeness (QED) is 0.692. The summed E-state index contributed by atoms with van der Waals surface area (Å²) in [6.45, 7) is 7.55. The summed E-state index contributed by atoms with van der Waals surface area (Å²) in [4.78, 5) is 0. The molecule has 78 valence electrons. The van der Waals surface area contributed by atoms with Crippen molar-refractivity contribution in [1.82, 2.24) is 0 Å². The van der Waals surface area contributed by atoms with Crippen LogP contribution in [0, 0.1) is 5.92 Å². The van der Waals surface area contributed by atoms with Gasteiger partial charge in [-0.15, -0.1) is 0 Å². The molecule has 0 bridgehead atoms. The standard InChI is InChI=1S/C12H20OSi/c1-14(2,3)12-8-7-10(12)5-4-6-11(12)9-13/h4-6,10,13H,7-9H2,1-3H3. The zero-order valence-electron chi connectivity index (χ0n) is 9.38. The second-order valence-corrected chi connectivity index (χ2v) is 11.0. The summed E-state index contributed by atoms with van der Waals surface area (Å²) in [5, 5.41) is 9.85. The number of aliphatic hydroxyl groups is 1. The van der Waals surface area contributed by atoms with E-state index in [9.17, 15) is 5.11 Å². The Balaban J connectivity index is 2.41. The topological polar surface area (TPSA) is 20.2 Å². The van der Waals surface area contributed by atoms with E-state index in [2.05, 4.69) is 37.9 Å². The molecule has 1 fully saturated rings. The smallest absolute Gasteiger partial charge is 0.0647 e. The van der Waals surface area contributed by atoms with Crippen molar-refractivity contribution < 1.29 is 5.11 Å². The van der Waals surface area contributed by atoms with E-state index in [4.69, 9.17) is 0 Å². The van der Waals surface area contributed by atoms with Crippen LogP contribution in [0.5, 0.6) is 0 Å². The van der Waals surface area contributed by atoms with Crippen LogP contribution in [-0.4, -0.2) is 19.8 Å². The molecular weight excluding hydrogens is 188 g/mol. The third-order valence-corrected chi connectivity index (χ3v) is 7.82. The molecule has 0 radical (unpaired) electrons. The molecule has 1 N–H and O–H groups in total. The third-order valence-electron chi connectivity index (χ3n) is 4.21. The molecule has 0 heterocycles. The van der Waals surface area contributed by atoms with Crippen LogP contribution in [0.25, 0.3) is 0 Å². The van der Waals surface area contributed by atoms with Crippen LogP contribution in [0.3, 0.4) is 0 Å². The number of rotatable bonds is 2. The molecule has 0 aliphatic heterocycles. The summed E-state index contributed by atoms with van der Waals surface area (Å²) in [6.07, 6.45) is 9.24. The van der Waals surface area contributed by atoms with Crippen molar-refractivity contribution in [3.05, 3.63) is 23.8 Å². The second-order valence-electron chi connectivity index (χ2n) is 5.60. The fraction of sp³-hybridized carbons (Fsp3) is 0.667. The number of fused-ring (bicyclic) bond motifs is 1. The Hall–Kier alpha value is -0.343. The van der Waals surface area contributed by atoms with E-state index in [-0.39, 0.29) is 6.61 Å². The van der Waals surface area contributed by atoms with Gasteiger partial charge in [0.25, 0.3) is 0 Å². The minimum atomic E-state index is -1.22. The van der Waals surface area contributed by atoms with Gasteiger partial charge in [0.15, 0.2) is 0 Å². The number of allylic oxidation sites excluding steroid dienone is 3. The molecule has 2 aliphatic carbocycles. The first kappa shape index (κ1) is 10.2. The fourth-order valence-electron chi connectivity index (χ4n) is 3.32. The van der Waals surface area contributed by atoms with Gasteiger partial charge >= 0.3 is 0 Å². The largest absolute Gasteiger partial charge is 0.392 e. The molecule has 2 atom stereocenters. The molecule has 1 nitrogen and oxygen atoms in total. The maximum absolute atomic E-state index is 9.46. The van der Waals surface area contributed by atoms with E-state index in [0.717, 1.165) is 5.92 Å². The average Bonchev–Trinajstić information content (AvgIpc) is 2.04. The summed E-state index contributed by atoms with van der Waals surface area (Å²) in [5.41, 5.74) is 1.30. The van der Waals surface area contributed by atoms with Crippen molar-refractivity contribution in [2.24, 2.45) is 5.92 Å². The van der Waals surface area contributed by atoms with Gasteiger partial charge in [0.1, 0.15) is 0 Å². The summed E-state index contributed by atoms with van der Waals surface area (Å²) in [7, 11) is -1.22. The highest BCUT2D eigenvalue weighted by Gasteiger charge is 2.56. The molecule has 0 aromatic heterocycles. The Morgan fingerprint density at radius 2 is 2.21 bits per heavy atom. The van der Waals surface area contributed by atoms with Gasteiger partial charge < -0.3 is 5.11 Å². The van der Waals surface area contributed by atoms with Crippen LogP contribution >= 0.6 is 0 Å². The Kier molecular flexibility index (Phi) is 2.24. The second kappa shape index (κ2) is 3.07. The molecule has 0 saturated heterocycles. The van der Waals surface area contributed by atoms with Gasteiger partial charge in [0.2, 0.25) is 0 Å². The monoisotopic (exact) mass is 208 g/mol. The molecule has 2 rings (SSSR count). The van der Waals surface area contributed by atoms with Crippen LogP contribution in [0.4, 0.5) is 0 Å². The highest BCUT2D eigenvalue weighted by atomic mass is 28.3. The van der Waals surface area contributed by atoms with Gasteiger partial charge in [0, 0.05) is 0 Å². The number of hydrogen-bond donors (Lipinski definition) is 1. The Labute approximate surface area is 87.5 Å². The predicted octanol–water partition coefficient (Wildman–Crippen LogP) is 2.96. The van der Waals surface area contributed by atoms with Gasteiger partial charge in [-0.25, -0.2) is 0 Å². The van der Waals surface area contributed by atoms with Gasteiger partial charge in [-0.1, -0.05) is 37.9 Å². The SMILES string of the molecule is C[Si](C)(C)C12CCC1C=CC=C2CO. The fourth-order valence-corrected chi connectivity index (χ4v) is 6.69. The molecule has 1 saturated carbocycles. The van der Waals surface area contributed by atoms with Gasteiger partial charge in [-0.3, -0.25) is 0 Å². The highest BCUT2D eigenvalue weighted by Crippen LogP contribution is 2.65. The van der Waals surface area contributed by atoms with E-state index < -0.39 is 8.07 Å². The predicted molar refractivity (Wildman–Crippen MR) is 63.1 cm³/mol. The van der Waals surface area contributed by atoms with E-state index in [1.165, 1.54) is 18.4 Å². The van der Waals surface area contributed by atoms with Crippen molar-refractivity contribution in [1.29, 1.82) is 0 Å². The maximum Gasteiger partial charge on any atom is 0.0647 e. The first-order valence-electron chi connectivity index (χ1n) is 5.51. The summed E-state index contributed by atoms with van der Waals surface area (Å²) < 4.78 is 0. The van der Waals surface area contributed by atoms with E-state index in [1.807, 2.05) is 0 Å². The maximum atomic E-state index is 9.46. The highest BCUT2D eigenvalue weighted by molar-refractivity contribution is 6.80. The molecule has 0 aromatic rings. The molecule has 0 amide bonds. The van der Waals surface area contributed by atoms with Crippen molar-refractivity contribution >= 4 is 8.07 Å². The summed E-state index contributed by atoms with van der Waals surface area (Å²) in [6, 6.07) is 0. The summed E-state index contributed by atoms with van der Waals surface area (Å²) in [5.74, 6) is 0.723. The van der Waals surface area contributed by atoms with Gasteiger partial charge in [-0.05, 0) is 29.4 Å². The Morgan fingerprint density at radius 1 is 1.50 bits per heavy atom. The van der Waals surface area contributed by atoms with Crippen molar-refractivity contribution in [2.75, 3.05) is 6.61 Å². The first-order valence-corrected chi connectivity index (χ1v) is 9.01. The van der Waals surface area contributed by atoms with Gasteiger partial charge in [-0.2, -0.15) is 0 Å². The Morgan fingerprint density at radius 3 is 2.57 bits per heavy atom. The lowest BCUT2D eigenvalue weighted by Gasteiger charge is -2.58. The number of aliphatic hydroxyl groups excluding tert-OH is 1. The average molecular weight is 208 g/mol. The molecule has 0 aromatic carbocycles. The Bertz CT molecular complexity index is 298. The normalized spacial score (nSPS) is 36.0. The lowest BCUT2D eigenvalue weighted by atomic mass is 9.66. The van der Waals surface area contributed by atoms with E-state index >= 15 is 0 Å². The lowest BCUT2D eigenvalue weighted by molar-refractivity contribution is 0.231. The van der Waals surface area contributed by atoms with Crippen LogP contribution in [-0.2, 0) is 0 Å². The van der Waals surface area contributed by atoms with E-state index in [0.29, 0.717) is 5.04 Å². The zero-order chi connectivity index (χ0) is 10.4. The van der Waals surface area contributed by atoms with Gasteiger partial charge in [0.05, 0.1) is 14.7 Å². The molecule has 2 unspecified atom stereocenters. The molecule has 14 heavy (non-hydrogen) atoms. The molecule has 2 aliphatic rings. The lowest BCUT2D eigenvalue weighted by Crippen LogP contribution is -2.52. The van der Waals surface area contributed by atoms with E-state index in [1.54, 1.807) is 0 Å². The van der Waals surface area contributed by atoms with Crippen molar-refractivity contribution in [3.63, 3.8) is 0 Å². The number of hydrogen-bond acceptors (Lipinski definition) is 1.